The molecule has 1 aliphatic heterocycles. The number of fused-ring (bicyclic) bond motifs is 1. The zero-order valence-corrected chi connectivity index (χ0v) is 17.2. The van der Waals surface area contributed by atoms with Gasteiger partial charge in [-0.25, -0.2) is 0 Å². The molecule has 0 amide bonds. The maximum atomic E-state index is 9.75. The lowest BCUT2D eigenvalue weighted by atomic mass is 10.1. The number of nitrogens with zero attached hydrogens (tertiary/aromatic N) is 2. The second kappa shape index (κ2) is 10.6. The number of hydrogen-bond acceptors (Lipinski definition) is 4. The van der Waals surface area contributed by atoms with Gasteiger partial charge in [0.25, 0.3) is 0 Å². The van der Waals surface area contributed by atoms with Crippen LogP contribution in [0.1, 0.15) is 6.99 Å². The first-order chi connectivity index (χ1) is 14.8. The number of aryl methyl sites for hydroxylation is 1. The first-order valence-electron chi connectivity index (χ1n) is 10.1. The summed E-state index contributed by atoms with van der Waals surface area (Å²) in [7, 11) is -6.00. The summed E-state index contributed by atoms with van der Waals surface area (Å²) in [6.07, 6.45) is 0. The van der Waals surface area contributed by atoms with Crippen LogP contribution in [0, 0.1) is 6.92 Å². The molecule has 3 aromatic rings. The van der Waals surface area contributed by atoms with E-state index >= 15 is 0 Å². The second-order valence-corrected chi connectivity index (χ2v) is 7.19. The summed E-state index contributed by atoms with van der Waals surface area (Å²) in [5.74, 6) is 0.854. The molecular formula is C22H25BF4N2O2. The van der Waals surface area contributed by atoms with Gasteiger partial charge >= 0.3 is 8.68 Å². The molecule has 0 radical (unpaired) electrons. The molecule has 0 atom stereocenters. The van der Waals surface area contributed by atoms with E-state index in [0.29, 0.717) is 0 Å². The molecule has 0 bridgehead atoms. The van der Waals surface area contributed by atoms with Gasteiger partial charge in [0, 0.05) is 36.7 Å². The Morgan fingerprint density at radius 3 is 2.35 bits per heavy atom. The summed E-state index contributed by atoms with van der Waals surface area (Å²) in [6, 6.07) is 18.5. The molecule has 0 aliphatic carbocycles. The van der Waals surface area contributed by atoms with Crippen LogP contribution in [0.4, 0.5) is 17.3 Å². The van der Waals surface area contributed by atoms with Gasteiger partial charge in [0.15, 0.2) is 0 Å². The summed E-state index contributed by atoms with van der Waals surface area (Å²) in [5.41, 5.74) is 3.16. The van der Waals surface area contributed by atoms with E-state index in [1.54, 1.807) is 0 Å². The Kier molecular flexibility index (Phi) is 7.87. The number of halogens is 4. The first-order valence-corrected chi connectivity index (χ1v) is 10.1. The number of benzene rings is 2. The Morgan fingerprint density at radius 2 is 1.68 bits per heavy atom. The highest BCUT2D eigenvalue weighted by molar-refractivity contribution is 6.50. The van der Waals surface area contributed by atoms with Gasteiger partial charge in [-0.1, -0.05) is 42.0 Å². The van der Waals surface area contributed by atoms with E-state index in [9.17, 15) is 17.3 Å². The van der Waals surface area contributed by atoms with Crippen molar-refractivity contribution in [1.29, 1.82) is 0 Å². The van der Waals surface area contributed by atoms with Crippen LogP contribution >= 0.6 is 0 Å². The fourth-order valence-corrected chi connectivity index (χ4v) is 3.29. The van der Waals surface area contributed by atoms with Gasteiger partial charge in [-0.2, -0.15) is 0 Å². The molecule has 1 aromatic heterocycles. The topological polar surface area (TPSA) is 38.0 Å². The molecule has 1 saturated heterocycles. The highest BCUT2D eigenvalue weighted by atomic mass is 19.5. The SMILES string of the molecule is Cc1ccc2oc(-c3ccccc3)cc(=NCCN3CCOCC3)c2c1.F[B-](F)(F)F.[H+]. The average Bonchev–Trinajstić information content (AvgIpc) is 2.74. The predicted molar refractivity (Wildman–Crippen MR) is 115 cm³/mol. The van der Waals surface area contributed by atoms with Crippen LogP contribution < -0.4 is 5.36 Å². The molecule has 2 aromatic carbocycles. The van der Waals surface area contributed by atoms with E-state index in [0.717, 1.165) is 67.0 Å². The van der Waals surface area contributed by atoms with Gasteiger partial charge < -0.3 is 26.4 Å². The van der Waals surface area contributed by atoms with Crippen molar-refractivity contribution in [1.82, 2.24) is 4.90 Å². The third kappa shape index (κ3) is 7.52. The van der Waals surface area contributed by atoms with E-state index in [2.05, 4.69) is 42.2 Å². The molecule has 0 N–H and O–H groups in total. The van der Waals surface area contributed by atoms with Crippen molar-refractivity contribution in [3.8, 4) is 11.3 Å². The van der Waals surface area contributed by atoms with Crippen LogP contribution in [0.25, 0.3) is 22.3 Å². The Labute approximate surface area is 179 Å². The zero-order valence-electron chi connectivity index (χ0n) is 18.2. The minimum absolute atomic E-state index is 0. The van der Waals surface area contributed by atoms with Crippen LogP contribution in [0.5, 0.6) is 0 Å². The molecule has 1 fully saturated rings. The lowest BCUT2D eigenvalue weighted by Crippen LogP contribution is -2.37. The van der Waals surface area contributed by atoms with Crippen LogP contribution in [0.3, 0.4) is 0 Å². The molecule has 0 unspecified atom stereocenters. The van der Waals surface area contributed by atoms with Gasteiger partial charge in [-0.15, -0.1) is 0 Å². The van der Waals surface area contributed by atoms with Crippen molar-refractivity contribution in [2.75, 3.05) is 39.4 Å². The number of ether oxygens (including phenoxy) is 1. The number of morpholine rings is 1. The van der Waals surface area contributed by atoms with E-state index in [1.165, 1.54) is 5.56 Å². The van der Waals surface area contributed by atoms with Crippen molar-refractivity contribution < 1.29 is 27.8 Å². The first kappa shape index (κ1) is 23.0. The van der Waals surface area contributed by atoms with Crippen LogP contribution in [-0.2, 0) is 4.74 Å². The van der Waals surface area contributed by atoms with E-state index in [4.69, 9.17) is 14.1 Å². The quantitative estimate of drug-likeness (QED) is 0.424. The molecule has 9 heteroatoms. The molecule has 0 spiro atoms. The van der Waals surface area contributed by atoms with Gasteiger partial charge in [0.2, 0.25) is 0 Å². The highest BCUT2D eigenvalue weighted by Crippen LogP contribution is 2.22. The fourth-order valence-electron chi connectivity index (χ4n) is 3.29. The van der Waals surface area contributed by atoms with Crippen molar-refractivity contribution in [3.63, 3.8) is 0 Å². The summed E-state index contributed by atoms with van der Waals surface area (Å²) >= 11 is 0. The third-order valence-corrected chi connectivity index (χ3v) is 4.76. The number of rotatable bonds is 4. The molecular weight excluding hydrogens is 411 g/mol. The van der Waals surface area contributed by atoms with Crippen molar-refractivity contribution in [2.24, 2.45) is 4.99 Å². The standard InChI is InChI=1S/C22H24N2O2.BF4/c1-17-7-8-21-19(15-17)20(23-9-10-24-11-13-25-14-12-24)16-22(26-21)18-5-3-2-4-6-18;2-1(3,4)5/h2-8,15-16H,9-14H2,1H3;/q;-1/p+1. The molecule has 1 aliphatic rings. The van der Waals surface area contributed by atoms with Crippen LogP contribution in [0.15, 0.2) is 64.0 Å². The lowest BCUT2D eigenvalue weighted by Gasteiger charge is -2.25. The van der Waals surface area contributed by atoms with Crippen LogP contribution in [0.2, 0.25) is 0 Å². The number of hydrogen-bond donors (Lipinski definition) is 0. The monoisotopic (exact) mass is 436 g/mol. The van der Waals surface area contributed by atoms with Gasteiger partial charge in [0.1, 0.15) is 11.3 Å². The van der Waals surface area contributed by atoms with Gasteiger partial charge in [-0.3, -0.25) is 9.89 Å². The lowest BCUT2D eigenvalue weighted by molar-refractivity contribution is 0.0394. The molecule has 166 valence electrons. The average molecular weight is 436 g/mol. The Balaban J connectivity index is 0.000000548. The van der Waals surface area contributed by atoms with Crippen molar-refractivity contribution >= 4 is 18.2 Å². The second-order valence-electron chi connectivity index (χ2n) is 7.19. The molecule has 0 saturated carbocycles. The van der Waals surface area contributed by atoms with E-state index in [1.807, 2.05) is 24.3 Å². The zero-order chi connectivity index (χ0) is 22.3. The minimum atomic E-state index is -6.00. The molecule has 2 heterocycles. The molecule has 4 rings (SSSR count). The Bertz CT molecular complexity index is 1050. The summed E-state index contributed by atoms with van der Waals surface area (Å²) in [6.45, 7) is 7.48. The Morgan fingerprint density at radius 1 is 1.00 bits per heavy atom. The maximum absolute atomic E-state index is 9.75. The fraction of sp³-hybridized carbons (Fsp3) is 0.318. The maximum Gasteiger partial charge on any atom is 1.00 e. The molecule has 31 heavy (non-hydrogen) atoms. The van der Waals surface area contributed by atoms with E-state index in [-0.39, 0.29) is 1.43 Å². The third-order valence-electron chi connectivity index (χ3n) is 4.76. The normalized spacial score (nSPS) is 15.6. The summed E-state index contributed by atoms with van der Waals surface area (Å²) in [4.78, 5) is 7.32. The molecule has 4 nitrogen and oxygen atoms in total. The van der Waals surface area contributed by atoms with Gasteiger partial charge in [-0.05, 0) is 19.1 Å². The summed E-state index contributed by atoms with van der Waals surface area (Å²) in [5, 5.41) is 2.08. The minimum Gasteiger partial charge on any atom is -0.456 e. The van der Waals surface area contributed by atoms with Crippen molar-refractivity contribution in [3.05, 3.63) is 65.5 Å². The highest BCUT2D eigenvalue weighted by Gasteiger charge is 2.20. The smallest absolute Gasteiger partial charge is 0.456 e. The van der Waals surface area contributed by atoms with Gasteiger partial charge in [0.05, 0.1) is 25.1 Å². The predicted octanol–water partition coefficient (Wildman–Crippen LogP) is 5.05. The van der Waals surface area contributed by atoms with E-state index < -0.39 is 7.25 Å². The summed E-state index contributed by atoms with van der Waals surface area (Å²) < 4.78 is 50.6. The largest absolute Gasteiger partial charge is 1.00 e. The van der Waals surface area contributed by atoms with Crippen LogP contribution in [-0.4, -0.2) is 51.5 Å². The Hall–Kier alpha value is -2.65. The van der Waals surface area contributed by atoms with Crippen molar-refractivity contribution in [2.45, 2.75) is 6.92 Å².